The number of ether oxygens (including phenoxy) is 1. The molecule has 2 aromatic rings. The normalized spacial score (nSPS) is 15.9. The van der Waals surface area contributed by atoms with E-state index >= 15 is 0 Å². The molecule has 0 aromatic heterocycles. The lowest BCUT2D eigenvalue weighted by molar-refractivity contribution is -0.125. The number of hydrogen-bond acceptors (Lipinski definition) is 4. The van der Waals surface area contributed by atoms with E-state index in [1.807, 2.05) is 56.9 Å². The van der Waals surface area contributed by atoms with E-state index in [1.165, 1.54) is 0 Å². The van der Waals surface area contributed by atoms with Crippen molar-refractivity contribution < 1.29 is 19.1 Å². The number of amides is 3. The predicted octanol–water partition coefficient (Wildman–Crippen LogP) is 3.82. The van der Waals surface area contributed by atoms with Gasteiger partial charge in [0.2, 0.25) is 5.91 Å². The van der Waals surface area contributed by atoms with Gasteiger partial charge in [-0.3, -0.25) is 14.4 Å². The van der Waals surface area contributed by atoms with Crippen molar-refractivity contribution in [1.82, 2.24) is 15.5 Å². The van der Waals surface area contributed by atoms with Crippen LogP contribution in [0.3, 0.4) is 0 Å². The summed E-state index contributed by atoms with van der Waals surface area (Å²) in [7, 11) is 1.57. The van der Waals surface area contributed by atoms with Gasteiger partial charge in [-0.2, -0.15) is 0 Å². The fraction of sp³-hybridized carbons (Fsp3) is 0.464. The zero-order chi connectivity index (χ0) is 25.5. The third-order valence-corrected chi connectivity index (χ3v) is 6.85. The van der Waals surface area contributed by atoms with Gasteiger partial charge >= 0.3 is 0 Å². The highest BCUT2D eigenvalue weighted by Crippen LogP contribution is 2.24. The van der Waals surface area contributed by atoms with E-state index in [4.69, 9.17) is 4.74 Å². The molecular weight excluding hydrogens is 442 g/mol. The number of piperidine rings is 1. The smallest absolute Gasteiger partial charge is 0.253 e. The largest absolute Gasteiger partial charge is 0.497 e. The number of carbonyl (C=O) groups excluding carboxylic acids is 3. The van der Waals surface area contributed by atoms with Crippen LogP contribution in [0.4, 0.5) is 0 Å². The maximum atomic E-state index is 13.3. The summed E-state index contributed by atoms with van der Waals surface area (Å²) in [6, 6.07) is 13.7. The van der Waals surface area contributed by atoms with E-state index in [2.05, 4.69) is 10.6 Å². The molecule has 1 aliphatic heterocycles. The van der Waals surface area contributed by atoms with E-state index in [9.17, 15) is 14.4 Å². The summed E-state index contributed by atoms with van der Waals surface area (Å²) in [5, 5.41) is 6.04. The van der Waals surface area contributed by atoms with Crippen LogP contribution in [0.2, 0.25) is 0 Å². The van der Waals surface area contributed by atoms with Gasteiger partial charge in [-0.15, -0.1) is 0 Å². The van der Waals surface area contributed by atoms with E-state index in [0.717, 1.165) is 5.56 Å². The molecule has 188 valence electrons. The van der Waals surface area contributed by atoms with Gasteiger partial charge in [0, 0.05) is 30.3 Å². The first-order valence-corrected chi connectivity index (χ1v) is 12.3. The highest BCUT2D eigenvalue weighted by Gasteiger charge is 2.35. The molecule has 7 heteroatoms. The van der Waals surface area contributed by atoms with Crippen molar-refractivity contribution in [3.8, 4) is 5.75 Å². The molecule has 35 heavy (non-hydrogen) atoms. The molecule has 2 N–H and O–H groups in total. The van der Waals surface area contributed by atoms with Crippen molar-refractivity contribution >= 4 is 17.7 Å². The van der Waals surface area contributed by atoms with Crippen molar-refractivity contribution in [2.24, 2.45) is 11.8 Å². The average Bonchev–Trinajstić information content (AvgIpc) is 2.86. The summed E-state index contributed by atoms with van der Waals surface area (Å²) >= 11 is 0. The molecule has 0 unspecified atom stereocenters. The Balaban J connectivity index is 1.71. The lowest BCUT2D eigenvalue weighted by Gasteiger charge is -2.36. The molecule has 2 aromatic carbocycles. The molecule has 1 fully saturated rings. The van der Waals surface area contributed by atoms with Gasteiger partial charge in [0.25, 0.3) is 11.8 Å². The van der Waals surface area contributed by atoms with Gasteiger partial charge in [0.1, 0.15) is 11.8 Å². The molecule has 0 spiro atoms. The van der Waals surface area contributed by atoms with Crippen LogP contribution in [0, 0.1) is 18.8 Å². The van der Waals surface area contributed by atoms with Gasteiger partial charge in [-0.25, -0.2) is 0 Å². The third kappa shape index (κ3) is 6.84. The molecule has 0 saturated carbocycles. The summed E-state index contributed by atoms with van der Waals surface area (Å²) in [5.41, 5.74) is 2.19. The Morgan fingerprint density at radius 3 is 2.17 bits per heavy atom. The molecule has 1 saturated heterocycles. The van der Waals surface area contributed by atoms with Crippen LogP contribution in [0.1, 0.15) is 59.9 Å². The maximum absolute atomic E-state index is 13.3. The van der Waals surface area contributed by atoms with Crippen LogP contribution in [0.5, 0.6) is 5.75 Å². The first-order valence-electron chi connectivity index (χ1n) is 12.3. The molecule has 2 atom stereocenters. The predicted molar refractivity (Wildman–Crippen MR) is 136 cm³/mol. The number of carbonyl (C=O) groups is 3. The molecule has 0 radical (unpaired) electrons. The second-order valence-electron chi connectivity index (χ2n) is 9.72. The minimum atomic E-state index is -0.679. The number of nitrogens with zero attached hydrogens (tertiary/aromatic N) is 1. The minimum absolute atomic E-state index is 0.00356. The number of nitrogens with one attached hydrogen (secondary N) is 2. The first kappa shape index (κ1) is 26.3. The fourth-order valence-electron chi connectivity index (χ4n) is 4.24. The molecular formula is C28H37N3O4. The number of rotatable bonds is 8. The van der Waals surface area contributed by atoms with Gasteiger partial charge in [-0.05, 0) is 74.9 Å². The van der Waals surface area contributed by atoms with Crippen LogP contribution in [-0.4, -0.2) is 54.9 Å². The Kier molecular flexibility index (Phi) is 8.90. The maximum Gasteiger partial charge on any atom is 0.253 e. The second-order valence-corrected chi connectivity index (χ2v) is 9.72. The van der Waals surface area contributed by atoms with Gasteiger partial charge in [-0.1, -0.05) is 31.5 Å². The Hall–Kier alpha value is -3.35. The monoisotopic (exact) mass is 479 g/mol. The molecule has 0 aliphatic carbocycles. The highest BCUT2D eigenvalue weighted by atomic mass is 16.5. The Morgan fingerprint density at radius 2 is 1.60 bits per heavy atom. The van der Waals surface area contributed by atoms with E-state index < -0.39 is 6.04 Å². The summed E-state index contributed by atoms with van der Waals surface area (Å²) in [6.07, 6.45) is 1.27. The Morgan fingerprint density at radius 1 is 0.943 bits per heavy atom. The Bertz CT molecular complexity index is 1030. The van der Waals surface area contributed by atoms with E-state index in [1.54, 1.807) is 31.4 Å². The Labute approximate surface area is 208 Å². The van der Waals surface area contributed by atoms with Crippen LogP contribution in [0.25, 0.3) is 0 Å². The molecule has 7 nitrogen and oxygen atoms in total. The zero-order valence-electron chi connectivity index (χ0n) is 21.3. The first-order chi connectivity index (χ1) is 16.7. The summed E-state index contributed by atoms with van der Waals surface area (Å²) < 4.78 is 5.17. The fourth-order valence-corrected chi connectivity index (χ4v) is 4.24. The molecule has 1 heterocycles. The molecule has 0 bridgehead atoms. The van der Waals surface area contributed by atoms with Crippen molar-refractivity contribution in [3.05, 3.63) is 65.2 Å². The number of methoxy groups -OCH3 is 1. The second kappa shape index (κ2) is 11.9. The standard InChI is InChI=1S/C28H37N3O4/c1-18(2)20(4)29-27(33)25(30-26(32)22-9-11-24(35-5)12-10-22)21-13-15-31(16-14-21)28(34)23-8-6-7-19(3)17-23/h6-12,17-18,20-21,25H,13-16H2,1-5H3,(H,29,33)(H,30,32)/t20-,25+/m0/s1. The lowest BCUT2D eigenvalue weighted by Crippen LogP contribution is -2.55. The van der Waals surface area contributed by atoms with Crippen molar-refractivity contribution in [3.63, 3.8) is 0 Å². The van der Waals surface area contributed by atoms with Crippen LogP contribution < -0.4 is 15.4 Å². The van der Waals surface area contributed by atoms with Gasteiger partial charge < -0.3 is 20.3 Å². The quantitative estimate of drug-likeness (QED) is 0.603. The lowest BCUT2D eigenvalue weighted by atomic mass is 9.87. The van der Waals surface area contributed by atoms with Crippen molar-refractivity contribution in [1.29, 1.82) is 0 Å². The molecule has 3 rings (SSSR count). The highest BCUT2D eigenvalue weighted by molar-refractivity contribution is 5.98. The average molecular weight is 480 g/mol. The van der Waals surface area contributed by atoms with Gasteiger partial charge in [0.05, 0.1) is 7.11 Å². The van der Waals surface area contributed by atoms with Gasteiger partial charge in [0.15, 0.2) is 0 Å². The number of likely N-dealkylation sites (tertiary alicyclic amines) is 1. The van der Waals surface area contributed by atoms with Crippen LogP contribution in [-0.2, 0) is 4.79 Å². The summed E-state index contributed by atoms with van der Waals surface area (Å²) in [6.45, 7) is 9.11. The van der Waals surface area contributed by atoms with Crippen LogP contribution in [0.15, 0.2) is 48.5 Å². The summed E-state index contributed by atoms with van der Waals surface area (Å²) in [5.74, 6) is 0.375. The minimum Gasteiger partial charge on any atom is -0.497 e. The van der Waals surface area contributed by atoms with Crippen molar-refractivity contribution in [2.45, 2.75) is 52.6 Å². The van der Waals surface area contributed by atoms with E-state index in [0.29, 0.717) is 42.8 Å². The number of hydrogen-bond donors (Lipinski definition) is 2. The third-order valence-electron chi connectivity index (χ3n) is 6.85. The van der Waals surface area contributed by atoms with Crippen molar-refractivity contribution in [2.75, 3.05) is 20.2 Å². The number of aryl methyl sites for hydroxylation is 1. The van der Waals surface area contributed by atoms with E-state index in [-0.39, 0.29) is 35.6 Å². The zero-order valence-corrected chi connectivity index (χ0v) is 21.3. The number of benzene rings is 2. The topological polar surface area (TPSA) is 87.7 Å². The molecule has 1 aliphatic rings. The van der Waals surface area contributed by atoms with Crippen LogP contribution >= 0.6 is 0 Å². The summed E-state index contributed by atoms with van der Waals surface area (Å²) in [4.78, 5) is 41.1. The molecule has 3 amide bonds. The SMILES string of the molecule is COc1ccc(C(=O)N[C@@H](C(=O)N[C@@H](C)C(C)C)C2CCN(C(=O)c3cccc(C)c3)CC2)cc1.